The average molecular weight is 293 g/mol. The predicted molar refractivity (Wildman–Crippen MR) is 75.9 cm³/mol. The molecule has 0 aliphatic carbocycles. The summed E-state index contributed by atoms with van der Waals surface area (Å²) in [4.78, 5) is 22.7. The number of hydrogen-bond acceptors (Lipinski definition) is 5. The summed E-state index contributed by atoms with van der Waals surface area (Å²) in [5.41, 5.74) is 0.958. The molecule has 0 saturated heterocycles. The fourth-order valence-electron chi connectivity index (χ4n) is 1.84. The van der Waals surface area contributed by atoms with Gasteiger partial charge in [0.05, 0.1) is 6.54 Å². The number of carbonyl (C=O) groups excluding carboxylic acids is 1. The van der Waals surface area contributed by atoms with Gasteiger partial charge in [0.2, 0.25) is 11.8 Å². The Kier molecular flexibility index (Phi) is 5.93. The Morgan fingerprint density at radius 2 is 2.10 bits per heavy atom. The van der Waals surface area contributed by atoms with Crippen molar-refractivity contribution in [3.8, 4) is 6.07 Å². The zero-order valence-corrected chi connectivity index (χ0v) is 12.3. The fourth-order valence-corrected chi connectivity index (χ4v) is 1.84. The highest BCUT2D eigenvalue weighted by Gasteiger charge is 2.19. The molecule has 0 fully saturated rings. The number of furan rings is 1. The van der Waals surface area contributed by atoms with Crippen LogP contribution >= 0.6 is 0 Å². The number of nitrogens with one attached hydrogen (secondary N) is 2. The van der Waals surface area contributed by atoms with Gasteiger partial charge in [0.1, 0.15) is 23.4 Å². The summed E-state index contributed by atoms with van der Waals surface area (Å²) in [6.45, 7) is 5.13. The highest BCUT2D eigenvalue weighted by molar-refractivity contribution is 5.92. The molecule has 0 aliphatic heterocycles. The SMILES string of the molecule is CCCC(NCC(=O)Nc1oc(C)c(C)c1C#N)C(=O)O. The number of amides is 1. The molecule has 0 saturated carbocycles. The number of aliphatic carboxylic acids is 1. The van der Waals surface area contributed by atoms with E-state index in [0.29, 0.717) is 24.2 Å². The van der Waals surface area contributed by atoms with Crippen molar-refractivity contribution in [2.24, 2.45) is 0 Å². The molecule has 1 heterocycles. The number of rotatable bonds is 7. The Morgan fingerprint density at radius 1 is 1.43 bits per heavy atom. The topological polar surface area (TPSA) is 115 Å². The van der Waals surface area contributed by atoms with Crippen molar-refractivity contribution >= 4 is 17.8 Å². The van der Waals surface area contributed by atoms with Gasteiger partial charge in [-0.3, -0.25) is 20.2 Å². The van der Waals surface area contributed by atoms with Gasteiger partial charge in [-0.05, 0) is 20.3 Å². The van der Waals surface area contributed by atoms with E-state index in [0.717, 1.165) is 0 Å². The van der Waals surface area contributed by atoms with E-state index in [1.54, 1.807) is 13.8 Å². The minimum Gasteiger partial charge on any atom is -0.480 e. The first kappa shape index (κ1) is 16.7. The number of hydrogen-bond donors (Lipinski definition) is 3. The minimum atomic E-state index is -0.993. The number of aryl methyl sites for hydroxylation is 1. The second-order valence-corrected chi connectivity index (χ2v) is 4.71. The van der Waals surface area contributed by atoms with Crippen molar-refractivity contribution in [2.75, 3.05) is 11.9 Å². The zero-order valence-electron chi connectivity index (χ0n) is 12.3. The molecule has 7 heteroatoms. The van der Waals surface area contributed by atoms with E-state index in [9.17, 15) is 9.59 Å². The van der Waals surface area contributed by atoms with Crippen molar-refractivity contribution in [2.45, 2.75) is 39.7 Å². The van der Waals surface area contributed by atoms with Crippen LogP contribution in [0.5, 0.6) is 0 Å². The smallest absolute Gasteiger partial charge is 0.320 e. The second-order valence-electron chi connectivity index (χ2n) is 4.71. The van der Waals surface area contributed by atoms with Crippen LogP contribution < -0.4 is 10.6 Å². The third-order valence-electron chi connectivity index (χ3n) is 3.13. The molecule has 0 bridgehead atoms. The largest absolute Gasteiger partial charge is 0.480 e. The molecule has 1 aromatic rings. The van der Waals surface area contributed by atoms with Crippen molar-refractivity contribution in [1.82, 2.24) is 5.32 Å². The van der Waals surface area contributed by atoms with Crippen molar-refractivity contribution < 1.29 is 19.1 Å². The number of carbonyl (C=O) groups is 2. The third kappa shape index (κ3) is 4.33. The van der Waals surface area contributed by atoms with Crippen LogP contribution in [0.15, 0.2) is 4.42 Å². The molecular weight excluding hydrogens is 274 g/mol. The molecule has 21 heavy (non-hydrogen) atoms. The summed E-state index contributed by atoms with van der Waals surface area (Å²) in [6.07, 6.45) is 1.13. The molecule has 114 valence electrons. The molecule has 1 rings (SSSR count). The first-order valence-electron chi connectivity index (χ1n) is 6.66. The standard InChI is InChI=1S/C14H19N3O4/c1-4-5-11(14(19)20)16-7-12(18)17-13-10(6-15)8(2)9(3)21-13/h11,16H,4-5,7H2,1-3H3,(H,17,18)(H,19,20). The van der Waals surface area contributed by atoms with Gasteiger partial charge in [-0.15, -0.1) is 0 Å². The molecule has 0 aromatic carbocycles. The van der Waals surface area contributed by atoms with Gasteiger partial charge in [0.15, 0.2) is 0 Å². The maximum absolute atomic E-state index is 11.8. The molecule has 1 amide bonds. The molecule has 7 nitrogen and oxygen atoms in total. The highest BCUT2D eigenvalue weighted by Crippen LogP contribution is 2.25. The maximum Gasteiger partial charge on any atom is 0.320 e. The molecule has 1 aromatic heterocycles. The van der Waals surface area contributed by atoms with Crippen LogP contribution in [0, 0.1) is 25.2 Å². The summed E-state index contributed by atoms with van der Waals surface area (Å²) in [7, 11) is 0. The van der Waals surface area contributed by atoms with Gasteiger partial charge < -0.3 is 9.52 Å². The van der Waals surface area contributed by atoms with Gasteiger partial charge >= 0.3 is 5.97 Å². The number of carboxylic acids is 1. The van der Waals surface area contributed by atoms with Gasteiger partial charge in [-0.25, -0.2) is 0 Å². The van der Waals surface area contributed by atoms with E-state index >= 15 is 0 Å². The van der Waals surface area contributed by atoms with Crippen molar-refractivity contribution in [1.29, 1.82) is 5.26 Å². The summed E-state index contributed by atoms with van der Waals surface area (Å²) >= 11 is 0. The van der Waals surface area contributed by atoms with E-state index in [1.165, 1.54) is 0 Å². The Bertz CT molecular complexity index is 572. The van der Waals surface area contributed by atoms with Gasteiger partial charge in [0.25, 0.3) is 0 Å². The van der Waals surface area contributed by atoms with E-state index in [2.05, 4.69) is 10.6 Å². The lowest BCUT2D eigenvalue weighted by molar-refractivity contribution is -0.139. The van der Waals surface area contributed by atoms with E-state index in [4.69, 9.17) is 14.8 Å². The van der Waals surface area contributed by atoms with Gasteiger partial charge in [-0.2, -0.15) is 5.26 Å². The van der Waals surface area contributed by atoms with E-state index in [-0.39, 0.29) is 18.0 Å². The van der Waals surface area contributed by atoms with Gasteiger partial charge in [0, 0.05) is 5.56 Å². The molecule has 0 aliphatic rings. The van der Waals surface area contributed by atoms with Crippen LogP contribution in [0.4, 0.5) is 5.88 Å². The van der Waals surface area contributed by atoms with Crippen molar-refractivity contribution in [3.05, 3.63) is 16.9 Å². The number of carboxylic acid groups (broad SMARTS) is 1. The van der Waals surface area contributed by atoms with E-state index < -0.39 is 17.9 Å². The second kappa shape index (κ2) is 7.45. The summed E-state index contributed by atoms with van der Waals surface area (Å²) in [5.74, 6) is -0.791. The summed E-state index contributed by atoms with van der Waals surface area (Å²) in [6, 6.07) is 1.20. The predicted octanol–water partition coefficient (Wildman–Crippen LogP) is 1.55. The van der Waals surface area contributed by atoms with Crippen LogP contribution in [0.3, 0.4) is 0 Å². The van der Waals surface area contributed by atoms with E-state index in [1.807, 2.05) is 13.0 Å². The summed E-state index contributed by atoms with van der Waals surface area (Å²) < 4.78 is 5.31. The molecular formula is C14H19N3O4. The van der Waals surface area contributed by atoms with Gasteiger partial charge in [-0.1, -0.05) is 13.3 Å². The lowest BCUT2D eigenvalue weighted by Crippen LogP contribution is -2.41. The molecule has 1 unspecified atom stereocenters. The minimum absolute atomic E-state index is 0.0988. The number of anilines is 1. The molecule has 0 spiro atoms. The van der Waals surface area contributed by atoms with Crippen molar-refractivity contribution in [3.63, 3.8) is 0 Å². The fraction of sp³-hybridized carbons (Fsp3) is 0.500. The van der Waals surface area contributed by atoms with Crippen LogP contribution in [-0.4, -0.2) is 29.6 Å². The molecule has 0 radical (unpaired) electrons. The quantitative estimate of drug-likeness (QED) is 0.702. The lowest BCUT2D eigenvalue weighted by Gasteiger charge is -2.12. The van der Waals surface area contributed by atoms with Crippen LogP contribution in [0.25, 0.3) is 0 Å². The third-order valence-corrected chi connectivity index (χ3v) is 3.13. The first-order chi connectivity index (χ1) is 9.90. The first-order valence-corrected chi connectivity index (χ1v) is 6.66. The molecule has 3 N–H and O–H groups in total. The Labute approximate surface area is 122 Å². The zero-order chi connectivity index (χ0) is 16.0. The molecule has 1 atom stereocenters. The Hall–Kier alpha value is -2.33. The highest BCUT2D eigenvalue weighted by atomic mass is 16.4. The number of nitriles is 1. The normalized spacial score (nSPS) is 11.7. The Morgan fingerprint density at radius 3 is 2.62 bits per heavy atom. The van der Waals surface area contributed by atoms with Crippen LogP contribution in [0.2, 0.25) is 0 Å². The maximum atomic E-state index is 11.8. The van der Waals surface area contributed by atoms with Crippen LogP contribution in [0.1, 0.15) is 36.7 Å². The average Bonchev–Trinajstić information content (AvgIpc) is 2.68. The number of nitrogens with zero attached hydrogens (tertiary/aromatic N) is 1. The monoisotopic (exact) mass is 293 g/mol. The summed E-state index contributed by atoms with van der Waals surface area (Å²) in [5, 5.41) is 23.1. The lowest BCUT2D eigenvalue weighted by atomic mass is 10.1. The van der Waals surface area contributed by atoms with Crippen LogP contribution in [-0.2, 0) is 9.59 Å². The Balaban J connectivity index is 2.64.